The number of carbonyl (C=O) groups excluding carboxylic acids is 2. The Bertz CT molecular complexity index is 304. The molecule has 17 heavy (non-hydrogen) atoms. The molecular weight excluding hydrogens is 222 g/mol. The van der Waals surface area contributed by atoms with Gasteiger partial charge in [0, 0.05) is 12.1 Å². The van der Waals surface area contributed by atoms with Crippen LogP contribution in [0.15, 0.2) is 0 Å². The zero-order valence-electron chi connectivity index (χ0n) is 9.99. The maximum atomic E-state index is 11.8. The van der Waals surface area contributed by atoms with Gasteiger partial charge in [0.1, 0.15) is 0 Å². The number of likely N-dealkylation sites (N-methyl/N-ethyl adjacent to an activating group) is 1. The van der Waals surface area contributed by atoms with Crippen LogP contribution in [0.3, 0.4) is 0 Å². The molecule has 2 atom stereocenters. The van der Waals surface area contributed by atoms with Crippen molar-refractivity contribution in [2.24, 2.45) is 5.92 Å². The van der Waals surface area contributed by atoms with Gasteiger partial charge in [0.05, 0.1) is 25.7 Å². The highest BCUT2D eigenvalue weighted by Gasteiger charge is 2.33. The van der Waals surface area contributed by atoms with Crippen molar-refractivity contribution in [3.05, 3.63) is 0 Å². The van der Waals surface area contributed by atoms with Crippen molar-refractivity contribution in [2.75, 3.05) is 26.8 Å². The highest BCUT2D eigenvalue weighted by atomic mass is 16.5. The normalized spacial score (nSPS) is 27.8. The molecule has 0 aromatic rings. The molecular formula is C11H19N3O3. The zero-order chi connectivity index (χ0) is 12.3. The number of hydrogen-bond donors (Lipinski definition) is 3. The smallest absolute Gasteiger partial charge is 0.239 e. The standard InChI is InChI=1S/C11H19N3O3/c1-12-9-6-17-5-8(9)11(16)13-4-10(15)14-7-2-3-7/h7-9,12H,2-6H2,1H3,(H,13,16)(H,14,15). The Morgan fingerprint density at radius 3 is 2.71 bits per heavy atom. The van der Waals surface area contributed by atoms with E-state index in [1.807, 2.05) is 0 Å². The summed E-state index contributed by atoms with van der Waals surface area (Å²) >= 11 is 0. The molecule has 3 N–H and O–H groups in total. The summed E-state index contributed by atoms with van der Waals surface area (Å²) in [5.74, 6) is -0.428. The maximum absolute atomic E-state index is 11.8. The van der Waals surface area contributed by atoms with Gasteiger partial charge in [-0.3, -0.25) is 9.59 Å². The van der Waals surface area contributed by atoms with Crippen LogP contribution in [0.2, 0.25) is 0 Å². The Kier molecular flexibility index (Phi) is 3.96. The van der Waals surface area contributed by atoms with E-state index >= 15 is 0 Å². The molecule has 2 amide bonds. The fourth-order valence-corrected chi connectivity index (χ4v) is 1.90. The summed E-state index contributed by atoms with van der Waals surface area (Å²) in [6.07, 6.45) is 2.11. The minimum absolute atomic E-state index is 0.0430. The van der Waals surface area contributed by atoms with Crippen molar-refractivity contribution in [3.63, 3.8) is 0 Å². The second-order valence-electron chi connectivity index (χ2n) is 4.60. The first-order valence-electron chi connectivity index (χ1n) is 6.03. The van der Waals surface area contributed by atoms with Crippen LogP contribution in [-0.4, -0.2) is 50.7 Å². The minimum Gasteiger partial charge on any atom is -0.379 e. The SMILES string of the molecule is CNC1COCC1C(=O)NCC(=O)NC1CC1. The monoisotopic (exact) mass is 241 g/mol. The Labute approximate surface area is 100 Å². The van der Waals surface area contributed by atoms with Crippen LogP contribution in [-0.2, 0) is 14.3 Å². The lowest BCUT2D eigenvalue weighted by Crippen LogP contribution is -2.45. The Hall–Kier alpha value is -1.14. The quantitative estimate of drug-likeness (QED) is 0.554. The number of carbonyl (C=O) groups is 2. The third kappa shape index (κ3) is 3.41. The average molecular weight is 241 g/mol. The van der Waals surface area contributed by atoms with Gasteiger partial charge in [-0.25, -0.2) is 0 Å². The molecule has 2 fully saturated rings. The number of ether oxygens (including phenoxy) is 1. The maximum Gasteiger partial charge on any atom is 0.239 e. The first kappa shape index (κ1) is 12.3. The van der Waals surface area contributed by atoms with E-state index in [1.165, 1.54) is 0 Å². The van der Waals surface area contributed by atoms with Gasteiger partial charge >= 0.3 is 0 Å². The van der Waals surface area contributed by atoms with Crippen molar-refractivity contribution in [2.45, 2.75) is 24.9 Å². The van der Waals surface area contributed by atoms with Gasteiger partial charge in [0.2, 0.25) is 11.8 Å². The lowest BCUT2D eigenvalue weighted by Gasteiger charge is -2.16. The molecule has 96 valence electrons. The van der Waals surface area contributed by atoms with Crippen LogP contribution in [0.25, 0.3) is 0 Å². The number of amides is 2. The first-order valence-corrected chi connectivity index (χ1v) is 6.03. The van der Waals surface area contributed by atoms with Gasteiger partial charge in [-0.1, -0.05) is 0 Å². The van der Waals surface area contributed by atoms with E-state index in [1.54, 1.807) is 7.05 Å². The van der Waals surface area contributed by atoms with Crippen molar-refractivity contribution in [1.29, 1.82) is 0 Å². The fourth-order valence-electron chi connectivity index (χ4n) is 1.90. The zero-order valence-corrected chi connectivity index (χ0v) is 9.99. The summed E-state index contributed by atoms with van der Waals surface area (Å²) in [6.45, 7) is 1.02. The van der Waals surface area contributed by atoms with Crippen LogP contribution in [0.1, 0.15) is 12.8 Å². The van der Waals surface area contributed by atoms with Gasteiger partial charge in [0.15, 0.2) is 0 Å². The fraction of sp³-hybridized carbons (Fsp3) is 0.818. The van der Waals surface area contributed by atoms with Crippen LogP contribution in [0.5, 0.6) is 0 Å². The molecule has 1 aliphatic heterocycles. The van der Waals surface area contributed by atoms with Crippen molar-refractivity contribution >= 4 is 11.8 Å². The molecule has 6 heteroatoms. The summed E-state index contributed by atoms with van der Waals surface area (Å²) in [5.41, 5.74) is 0. The third-order valence-corrected chi connectivity index (χ3v) is 3.15. The summed E-state index contributed by atoms with van der Waals surface area (Å²) in [4.78, 5) is 23.2. The summed E-state index contributed by atoms with van der Waals surface area (Å²) in [6, 6.07) is 0.376. The molecule has 0 radical (unpaired) electrons. The van der Waals surface area contributed by atoms with Gasteiger partial charge < -0.3 is 20.7 Å². The van der Waals surface area contributed by atoms with Gasteiger partial charge in [-0.2, -0.15) is 0 Å². The molecule has 1 saturated heterocycles. The lowest BCUT2D eigenvalue weighted by molar-refractivity contribution is -0.128. The van der Waals surface area contributed by atoms with E-state index in [4.69, 9.17) is 4.74 Å². The van der Waals surface area contributed by atoms with E-state index in [-0.39, 0.29) is 30.3 Å². The van der Waals surface area contributed by atoms with E-state index in [0.29, 0.717) is 19.3 Å². The Balaban J connectivity index is 1.70. The van der Waals surface area contributed by atoms with Crippen molar-refractivity contribution in [3.8, 4) is 0 Å². The molecule has 0 aromatic carbocycles. The molecule has 2 aliphatic rings. The summed E-state index contributed by atoms with van der Waals surface area (Å²) in [5, 5.41) is 8.51. The summed E-state index contributed by atoms with van der Waals surface area (Å²) in [7, 11) is 1.80. The number of rotatable bonds is 5. The average Bonchev–Trinajstić information content (AvgIpc) is 2.99. The van der Waals surface area contributed by atoms with E-state index in [9.17, 15) is 9.59 Å². The van der Waals surface area contributed by atoms with E-state index < -0.39 is 0 Å². The predicted octanol–water partition coefficient (Wildman–Crippen LogP) is -1.38. The molecule has 1 saturated carbocycles. The van der Waals surface area contributed by atoms with Gasteiger partial charge in [-0.05, 0) is 19.9 Å². The number of nitrogens with one attached hydrogen (secondary N) is 3. The van der Waals surface area contributed by atoms with Gasteiger partial charge in [-0.15, -0.1) is 0 Å². The van der Waals surface area contributed by atoms with Crippen LogP contribution in [0.4, 0.5) is 0 Å². The highest BCUT2D eigenvalue weighted by Crippen LogP contribution is 2.18. The van der Waals surface area contributed by atoms with Crippen LogP contribution >= 0.6 is 0 Å². The predicted molar refractivity (Wildman–Crippen MR) is 61.3 cm³/mol. The third-order valence-electron chi connectivity index (χ3n) is 3.15. The molecule has 2 unspecified atom stereocenters. The van der Waals surface area contributed by atoms with Gasteiger partial charge in [0.25, 0.3) is 0 Å². The molecule has 6 nitrogen and oxygen atoms in total. The van der Waals surface area contributed by atoms with Crippen molar-refractivity contribution < 1.29 is 14.3 Å². The minimum atomic E-state index is -0.200. The molecule has 0 aromatic heterocycles. The van der Waals surface area contributed by atoms with Crippen molar-refractivity contribution in [1.82, 2.24) is 16.0 Å². The number of hydrogen-bond acceptors (Lipinski definition) is 4. The van der Waals surface area contributed by atoms with Crippen LogP contribution in [0, 0.1) is 5.92 Å². The Morgan fingerprint density at radius 1 is 1.29 bits per heavy atom. The molecule has 2 rings (SSSR count). The molecule has 0 bridgehead atoms. The lowest BCUT2D eigenvalue weighted by atomic mass is 10.0. The molecule has 1 heterocycles. The van der Waals surface area contributed by atoms with E-state index in [0.717, 1.165) is 12.8 Å². The van der Waals surface area contributed by atoms with Crippen LogP contribution < -0.4 is 16.0 Å². The first-order chi connectivity index (χ1) is 8.20. The van der Waals surface area contributed by atoms with E-state index in [2.05, 4.69) is 16.0 Å². The summed E-state index contributed by atoms with van der Waals surface area (Å²) < 4.78 is 5.24. The highest BCUT2D eigenvalue weighted by molar-refractivity contribution is 5.86. The topological polar surface area (TPSA) is 79.5 Å². The largest absolute Gasteiger partial charge is 0.379 e. The Morgan fingerprint density at radius 2 is 2.06 bits per heavy atom. The second kappa shape index (κ2) is 5.46. The molecule has 0 spiro atoms. The second-order valence-corrected chi connectivity index (χ2v) is 4.60. The molecule has 1 aliphatic carbocycles.